The van der Waals surface area contributed by atoms with E-state index in [1.165, 1.54) is 0 Å². The second-order valence-corrected chi connectivity index (χ2v) is 10.8. The summed E-state index contributed by atoms with van der Waals surface area (Å²) in [6, 6.07) is 40.6. The Bertz CT molecular complexity index is 1410. The maximum Gasteiger partial charge on any atom is 0.253 e. The average Bonchev–Trinajstić information content (AvgIpc) is 3.03. The number of allylic oxidation sites excluding steroid dienone is 1. The maximum atomic E-state index is 12.2. The molecule has 0 spiro atoms. The highest BCUT2D eigenvalue weighted by Crippen LogP contribution is 2.41. The van der Waals surface area contributed by atoms with E-state index in [-0.39, 0.29) is 19.1 Å². The highest BCUT2D eigenvalue weighted by Gasteiger charge is 2.44. The molecule has 0 radical (unpaired) electrons. The molecular weight excluding hydrogens is 526 g/mol. The van der Waals surface area contributed by atoms with E-state index in [2.05, 4.69) is 41.7 Å². The summed E-state index contributed by atoms with van der Waals surface area (Å²) >= 11 is 0. The molecule has 0 bridgehead atoms. The van der Waals surface area contributed by atoms with Crippen molar-refractivity contribution in [3.05, 3.63) is 155 Å². The molecule has 6 rings (SSSR count). The molecule has 2 heterocycles. The molecule has 2 aliphatic heterocycles. The standard InChI is InChI=1S/C36H35NO5/c1-25(2)32-33(38)37-34(32)41-30-23-39-35(26-15-7-3-8-16-26)42-31(30)24-40-36(27-17-9-4-10-18-27,28-19-11-5-12-20-28)29-21-13-6-14-22-29/h3-22,30-31,34-35H,23-24H2,1-2H3,(H,37,38)/t30-,31+,34-,35?/m1/s1. The molecule has 1 N–H and O–H groups in total. The first-order chi connectivity index (χ1) is 20.6. The minimum Gasteiger partial charge on any atom is -0.358 e. The van der Waals surface area contributed by atoms with Gasteiger partial charge in [-0.2, -0.15) is 0 Å². The molecule has 6 nitrogen and oxygen atoms in total. The Morgan fingerprint density at radius 1 is 0.786 bits per heavy atom. The van der Waals surface area contributed by atoms with Crippen molar-refractivity contribution in [1.82, 2.24) is 5.32 Å². The van der Waals surface area contributed by atoms with Gasteiger partial charge < -0.3 is 24.3 Å². The predicted octanol–water partition coefficient (Wildman–Crippen LogP) is 6.29. The topological polar surface area (TPSA) is 66.0 Å². The van der Waals surface area contributed by atoms with Crippen LogP contribution >= 0.6 is 0 Å². The van der Waals surface area contributed by atoms with Gasteiger partial charge in [0, 0.05) is 5.56 Å². The minimum absolute atomic E-state index is 0.108. The van der Waals surface area contributed by atoms with Gasteiger partial charge in [-0.1, -0.05) is 127 Å². The molecule has 1 unspecified atom stereocenters. The van der Waals surface area contributed by atoms with Crippen LogP contribution in [0.25, 0.3) is 0 Å². The number of hydrogen-bond acceptors (Lipinski definition) is 5. The highest BCUT2D eigenvalue weighted by atomic mass is 16.7. The van der Waals surface area contributed by atoms with Crippen molar-refractivity contribution in [2.75, 3.05) is 13.2 Å². The van der Waals surface area contributed by atoms with Gasteiger partial charge in [-0.3, -0.25) is 4.79 Å². The van der Waals surface area contributed by atoms with E-state index in [9.17, 15) is 4.79 Å². The van der Waals surface area contributed by atoms with Gasteiger partial charge in [0.15, 0.2) is 12.5 Å². The lowest BCUT2D eigenvalue weighted by Gasteiger charge is -2.43. The lowest BCUT2D eigenvalue weighted by atomic mass is 9.80. The fraction of sp³-hybridized carbons (Fsp3) is 0.250. The lowest BCUT2D eigenvalue weighted by Crippen LogP contribution is -2.58. The van der Waals surface area contributed by atoms with E-state index in [0.29, 0.717) is 5.57 Å². The molecule has 4 aromatic carbocycles. The smallest absolute Gasteiger partial charge is 0.253 e. The Labute approximate surface area is 246 Å². The number of carbonyl (C=O) groups is 1. The van der Waals surface area contributed by atoms with Crippen LogP contribution in [0.15, 0.2) is 132 Å². The van der Waals surface area contributed by atoms with Gasteiger partial charge in [0.25, 0.3) is 5.91 Å². The fourth-order valence-corrected chi connectivity index (χ4v) is 5.69. The largest absolute Gasteiger partial charge is 0.358 e. The summed E-state index contributed by atoms with van der Waals surface area (Å²) < 4.78 is 26.3. The summed E-state index contributed by atoms with van der Waals surface area (Å²) in [7, 11) is 0. The third-order valence-corrected chi connectivity index (χ3v) is 7.82. The third kappa shape index (κ3) is 5.54. The van der Waals surface area contributed by atoms with Crippen molar-refractivity contribution in [1.29, 1.82) is 0 Å². The zero-order valence-electron chi connectivity index (χ0n) is 23.8. The number of nitrogens with one attached hydrogen (secondary N) is 1. The monoisotopic (exact) mass is 561 g/mol. The van der Waals surface area contributed by atoms with Gasteiger partial charge in [-0.25, -0.2) is 0 Å². The fourth-order valence-electron chi connectivity index (χ4n) is 5.69. The summed E-state index contributed by atoms with van der Waals surface area (Å²) in [4.78, 5) is 12.2. The van der Waals surface area contributed by atoms with Crippen LogP contribution in [0.1, 0.15) is 42.4 Å². The van der Waals surface area contributed by atoms with Crippen molar-refractivity contribution >= 4 is 5.91 Å². The van der Waals surface area contributed by atoms with Crippen molar-refractivity contribution in [3.63, 3.8) is 0 Å². The molecule has 4 atom stereocenters. The van der Waals surface area contributed by atoms with Crippen LogP contribution < -0.4 is 5.32 Å². The van der Waals surface area contributed by atoms with E-state index in [0.717, 1.165) is 27.8 Å². The van der Waals surface area contributed by atoms with Crippen LogP contribution in [0, 0.1) is 0 Å². The molecular formula is C36H35NO5. The minimum atomic E-state index is -0.909. The van der Waals surface area contributed by atoms with Crippen molar-refractivity contribution < 1.29 is 23.7 Å². The van der Waals surface area contributed by atoms with Gasteiger partial charge in [-0.05, 0) is 30.5 Å². The third-order valence-electron chi connectivity index (χ3n) is 7.82. The predicted molar refractivity (Wildman–Crippen MR) is 160 cm³/mol. The molecule has 214 valence electrons. The summed E-state index contributed by atoms with van der Waals surface area (Å²) in [5.74, 6) is -0.108. The molecule has 2 fully saturated rings. The Balaban J connectivity index is 1.36. The zero-order valence-corrected chi connectivity index (χ0v) is 23.8. The van der Waals surface area contributed by atoms with Gasteiger partial charge in [0.05, 0.1) is 18.8 Å². The normalized spacial score (nSPS) is 22.2. The van der Waals surface area contributed by atoms with Crippen LogP contribution in [0.2, 0.25) is 0 Å². The molecule has 0 aromatic heterocycles. The van der Waals surface area contributed by atoms with Crippen LogP contribution in [0.4, 0.5) is 0 Å². The molecule has 2 saturated heterocycles. The number of ether oxygens (including phenoxy) is 4. The molecule has 2 aliphatic rings. The molecule has 42 heavy (non-hydrogen) atoms. The number of benzene rings is 4. The molecule has 0 aliphatic carbocycles. The quantitative estimate of drug-likeness (QED) is 0.148. The van der Waals surface area contributed by atoms with Crippen LogP contribution in [0.3, 0.4) is 0 Å². The molecule has 4 aromatic rings. The lowest BCUT2D eigenvalue weighted by molar-refractivity contribution is -0.285. The summed E-state index contributed by atoms with van der Waals surface area (Å²) in [5.41, 5.74) is 4.59. The van der Waals surface area contributed by atoms with E-state index >= 15 is 0 Å². The first-order valence-electron chi connectivity index (χ1n) is 14.3. The Kier molecular flexibility index (Phi) is 8.31. The number of hydrogen-bond donors (Lipinski definition) is 1. The highest BCUT2D eigenvalue weighted by molar-refractivity contribution is 6.01. The molecule has 1 amide bonds. The van der Waals surface area contributed by atoms with E-state index < -0.39 is 30.3 Å². The summed E-state index contributed by atoms with van der Waals surface area (Å²) in [5, 5.41) is 2.86. The number of rotatable bonds is 9. The molecule has 0 saturated carbocycles. The zero-order chi connectivity index (χ0) is 28.9. The molecule has 6 heteroatoms. The van der Waals surface area contributed by atoms with Crippen LogP contribution in [-0.4, -0.2) is 37.6 Å². The van der Waals surface area contributed by atoms with Gasteiger partial charge in [0.2, 0.25) is 0 Å². The Hall–Kier alpha value is -4.07. The van der Waals surface area contributed by atoms with Crippen molar-refractivity contribution in [2.45, 2.75) is 44.2 Å². The van der Waals surface area contributed by atoms with Crippen molar-refractivity contribution in [2.24, 2.45) is 0 Å². The SMILES string of the molecule is CC(C)=C1C(=O)N[C@@H]1O[C@@H]1COC(c2ccccc2)O[C@H]1COC(c1ccccc1)(c1ccccc1)c1ccccc1. The number of β-lactam (4-membered cyclic amide) rings is 1. The van der Waals surface area contributed by atoms with E-state index in [1.807, 2.05) is 98.8 Å². The average molecular weight is 562 g/mol. The number of amides is 1. The van der Waals surface area contributed by atoms with Crippen LogP contribution in [-0.2, 0) is 29.3 Å². The first-order valence-corrected chi connectivity index (χ1v) is 14.3. The summed E-state index contributed by atoms with van der Waals surface area (Å²) in [6.07, 6.45) is -2.06. The van der Waals surface area contributed by atoms with Gasteiger partial charge in [-0.15, -0.1) is 0 Å². The maximum absolute atomic E-state index is 12.2. The van der Waals surface area contributed by atoms with Crippen molar-refractivity contribution in [3.8, 4) is 0 Å². The van der Waals surface area contributed by atoms with Gasteiger partial charge >= 0.3 is 0 Å². The first kappa shape index (κ1) is 28.1. The second kappa shape index (κ2) is 12.4. The van der Waals surface area contributed by atoms with Crippen LogP contribution in [0.5, 0.6) is 0 Å². The van der Waals surface area contributed by atoms with Gasteiger partial charge in [0.1, 0.15) is 17.8 Å². The Morgan fingerprint density at radius 3 is 1.76 bits per heavy atom. The second-order valence-electron chi connectivity index (χ2n) is 10.8. The van der Waals surface area contributed by atoms with E-state index in [1.54, 1.807) is 0 Å². The Morgan fingerprint density at radius 2 is 1.29 bits per heavy atom. The number of carbonyl (C=O) groups excluding carboxylic acids is 1. The van der Waals surface area contributed by atoms with E-state index in [4.69, 9.17) is 18.9 Å². The summed E-state index contributed by atoms with van der Waals surface area (Å²) in [6.45, 7) is 4.32.